The van der Waals surface area contributed by atoms with Gasteiger partial charge in [-0.05, 0) is 38.8 Å². The molecule has 0 radical (unpaired) electrons. The predicted molar refractivity (Wildman–Crippen MR) is 79.3 cm³/mol. The largest absolute Gasteiger partial charge is 0.444 e. The van der Waals surface area contributed by atoms with Crippen LogP contribution in [0.5, 0.6) is 0 Å². The Kier molecular flexibility index (Phi) is 5.32. The van der Waals surface area contributed by atoms with Crippen molar-refractivity contribution in [3.05, 3.63) is 41.8 Å². The minimum absolute atomic E-state index is 0.244. The summed E-state index contributed by atoms with van der Waals surface area (Å²) in [6, 6.07) is 8.49. The molecule has 20 heavy (non-hydrogen) atoms. The van der Waals surface area contributed by atoms with E-state index in [1.807, 2.05) is 12.1 Å². The van der Waals surface area contributed by atoms with Gasteiger partial charge in [0.15, 0.2) is 0 Å². The Bertz CT molecular complexity index is 520. The van der Waals surface area contributed by atoms with Gasteiger partial charge in [-0.2, -0.15) is 0 Å². The highest BCUT2D eigenvalue weighted by atomic mass is 16.3. The number of rotatable bonds is 7. The molecule has 108 valence electrons. The fraction of sp³-hybridized carbons (Fsp3) is 0.438. The molecule has 0 saturated heterocycles. The summed E-state index contributed by atoms with van der Waals surface area (Å²) in [6.07, 6.45) is 3.47. The lowest BCUT2D eigenvalue weighted by atomic mass is 10.1. The van der Waals surface area contributed by atoms with E-state index < -0.39 is 0 Å². The van der Waals surface area contributed by atoms with Gasteiger partial charge in [-0.25, -0.2) is 4.98 Å². The zero-order valence-corrected chi connectivity index (χ0v) is 12.1. The lowest BCUT2D eigenvalue weighted by molar-refractivity contribution is 0.276. The van der Waals surface area contributed by atoms with Gasteiger partial charge in [-0.15, -0.1) is 0 Å². The number of aliphatic hydroxyl groups excluding tert-OH is 1. The maximum atomic E-state index is 8.79. The van der Waals surface area contributed by atoms with Crippen LogP contribution in [-0.4, -0.2) is 22.7 Å². The highest BCUT2D eigenvalue weighted by molar-refractivity contribution is 5.53. The molecular formula is C16H22N2O2. The van der Waals surface area contributed by atoms with Crippen molar-refractivity contribution in [2.24, 2.45) is 0 Å². The summed E-state index contributed by atoms with van der Waals surface area (Å²) in [7, 11) is 0. The van der Waals surface area contributed by atoms with E-state index >= 15 is 0 Å². The van der Waals surface area contributed by atoms with E-state index in [0.29, 0.717) is 18.5 Å². The quantitative estimate of drug-likeness (QED) is 0.815. The third kappa shape index (κ3) is 4.18. The Morgan fingerprint density at radius 3 is 2.75 bits per heavy atom. The summed E-state index contributed by atoms with van der Waals surface area (Å²) in [5.41, 5.74) is 3.12. The van der Waals surface area contributed by atoms with Crippen LogP contribution in [0.15, 0.2) is 34.9 Å². The van der Waals surface area contributed by atoms with E-state index in [4.69, 9.17) is 9.52 Å². The number of nitrogens with zero attached hydrogens (tertiary/aromatic N) is 1. The van der Waals surface area contributed by atoms with Crippen molar-refractivity contribution < 1.29 is 9.52 Å². The van der Waals surface area contributed by atoms with Crippen LogP contribution in [-0.2, 0) is 6.54 Å². The number of hydrogen-bond acceptors (Lipinski definition) is 4. The maximum Gasteiger partial charge on any atom is 0.226 e. The number of hydrogen-bond donors (Lipinski definition) is 2. The Morgan fingerprint density at radius 1 is 1.30 bits per heavy atom. The van der Waals surface area contributed by atoms with Crippen molar-refractivity contribution in [1.82, 2.24) is 10.3 Å². The number of aliphatic hydroxyl groups is 1. The van der Waals surface area contributed by atoms with E-state index in [-0.39, 0.29) is 6.61 Å². The zero-order valence-electron chi connectivity index (χ0n) is 12.1. The normalized spacial score (nSPS) is 12.6. The van der Waals surface area contributed by atoms with Crippen LogP contribution in [0.3, 0.4) is 0 Å². The molecule has 1 aromatic carbocycles. The van der Waals surface area contributed by atoms with Crippen LogP contribution in [0, 0.1) is 6.92 Å². The third-order valence-corrected chi connectivity index (χ3v) is 3.28. The average Bonchev–Trinajstić information content (AvgIpc) is 2.92. The highest BCUT2D eigenvalue weighted by Gasteiger charge is 2.07. The van der Waals surface area contributed by atoms with E-state index in [2.05, 4.69) is 36.3 Å². The monoisotopic (exact) mass is 274 g/mol. The predicted octanol–water partition coefficient (Wildman–Crippen LogP) is 2.90. The second-order valence-corrected chi connectivity index (χ2v) is 5.16. The molecule has 0 fully saturated rings. The van der Waals surface area contributed by atoms with Crippen molar-refractivity contribution in [2.45, 2.75) is 39.3 Å². The standard InChI is InChI=1S/C16H22N2O2/c1-12-5-7-14(8-6-12)16-18-15(11-20-16)10-17-13(2)4-3-9-19/h5-8,11,13,17,19H,3-4,9-10H2,1-2H3. The highest BCUT2D eigenvalue weighted by Crippen LogP contribution is 2.19. The van der Waals surface area contributed by atoms with E-state index in [1.165, 1.54) is 5.56 Å². The second-order valence-electron chi connectivity index (χ2n) is 5.16. The van der Waals surface area contributed by atoms with Gasteiger partial charge in [-0.3, -0.25) is 0 Å². The summed E-state index contributed by atoms with van der Waals surface area (Å²) in [5, 5.41) is 12.2. The van der Waals surface area contributed by atoms with Gasteiger partial charge in [0.05, 0.1) is 5.69 Å². The van der Waals surface area contributed by atoms with E-state index in [1.54, 1.807) is 6.26 Å². The average molecular weight is 274 g/mol. The Balaban J connectivity index is 1.90. The smallest absolute Gasteiger partial charge is 0.226 e. The fourth-order valence-electron chi connectivity index (χ4n) is 2.00. The lowest BCUT2D eigenvalue weighted by Crippen LogP contribution is -2.25. The van der Waals surface area contributed by atoms with E-state index in [9.17, 15) is 0 Å². The summed E-state index contributed by atoms with van der Waals surface area (Å²) in [5.74, 6) is 0.657. The van der Waals surface area contributed by atoms with Crippen molar-refractivity contribution in [3.8, 4) is 11.5 Å². The number of aromatic nitrogens is 1. The molecule has 0 aliphatic heterocycles. The topological polar surface area (TPSA) is 58.3 Å². The maximum absolute atomic E-state index is 8.79. The second kappa shape index (κ2) is 7.22. The van der Waals surface area contributed by atoms with Crippen molar-refractivity contribution in [2.75, 3.05) is 6.61 Å². The zero-order chi connectivity index (χ0) is 14.4. The molecule has 0 aliphatic carbocycles. The lowest BCUT2D eigenvalue weighted by Gasteiger charge is -2.11. The van der Waals surface area contributed by atoms with E-state index in [0.717, 1.165) is 24.1 Å². The molecule has 4 heteroatoms. The first-order valence-corrected chi connectivity index (χ1v) is 7.04. The van der Waals surface area contributed by atoms with Gasteiger partial charge < -0.3 is 14.8 Å². The Morgan fingerprint density at radius 2 is 2.05 bits per heavy atom. The number of benzene rings is 1. The van der Waals surface area contributed by atoms with Gasteiger partial charge in [0.1, 0.15) is 6.26 Å². The Labute approximate surface area is 119 Å². The fourth-order valence-corrected chi connectivity index (χ4v) is 2.00. The number of oxazole rings is 1. The molecule has 4 nitrogen and oxygen atoms in total. The van der Waals surface area contributed by atoms with Gasteiger partial charge in [0.2, 0.25) is 5.89 Å². The number of aryl methyl sites for hydroxylation is 1. The molecule has 2 N–H and O–H groups in total. The molecule has 0 saturated carbocycles. The first kappa shape index (κ1) is 14.8. The van der Waals surface area contributed by atoms with Crippen LogP contribution < -0.4 is 5.32 Å². The molecule has 2 aromatic rings. The summed E-state index contributed by atoms with van der Waals surface area (Å²) in [6.45, 7) is 5.09. The van der Waals surface area contributed by atoms with Crippen LogP contribution in [0.25, 0.3) is 11.5 Å². The first-order valence-electron chi connectivity index (χ1n) is 7.04. The molecular weight excluding hydrogens is 252 g/mol. The molecule has 1 unspecified atom stereocenters. The van der Waals surface area contributed by atoms with Crippen molar-refractivity contribution >= 4 is 0 Å². The van der Waals surface area contributed by atoms with Crippen molar-refractivity contribution in [3.63, 3.8) is 0 Å². The van der Waals surface area contributed by atoms with Crippen LogP contribution in [0.2, 0.25) is 0 Å². The summed E-state index contributed by atoms with van der Waals surface area (Å²) >= 11 is 0. The molecule has 2 rings (SSSR count). The molecule has 0 bridgehead atoms. The van der Waals surface area contributed by atoms with Crippen molar-refractivity contribution in [1.29, 1.82) is 0 Å². The molecule has 1 atom stereocenters. The first-order chi connectivity index (χ1) is 9.69. The third-order valence-electron chi connectivity index (χ3n) is 3.28. The minimum Gasteiger partial charge on any atom is -0.444 e. The summed E-state index contributed by atoms with van der Waals surface area (Å²) < 4.78 is 5.51. The van der Waals surface area contributed by atoms with Gasteiger partial charge in [0, 0.05) is 24.8 Å². The molecule has 0 amide bonds. The molecule has 1 heterocycles. The SMILES string of the molecule is Cc1ccc(-c2nc(CNC(C)CCCO)co2)cc1. The van der Waals surface area contributed by atoms with Gasteiger partial charge >= 0.3 is 0 Å². The minimum atomic E-state index is 0.244. The van der Waals surface area contributed by atoms with Gasteiger partial charge in [0.25, 0.3) is 0 Å². The van der Waals surface area contributed by atoms with Crippen LogP contribution in [0.4, 0.5) is 0 Å². The summed E-state index contributed by atoms with van der Waals surface area (Å²) in [4.78, 5) is 4.48. The van der Waals surface area contributed by atoms with Crippen LogP contribution >= 0.6 is 0 Å². The van der Waals surface area contributed by atoms with Gasteiger partial charge in [-0.1, -0.05) is 17.7 Å². The molecule has 0 spiro atoms. The molecule has 1 aromatic heterocycles. The van der Waals surface area contributed by atoms with Crippen LogP contribution in [0.1, 0.15) is 31.0 Å². The Hall–Kier alpha value is -1.65. The molecule has 0 aliphatic rings. The number of nitrogens with one attached hydrogen (secondary N) is 1.